The Balaban J connectivity index is 1.69. The highest BCUT2D eigenvalue weighted by Crippen LogP contribution is 2.25. The number of nitrogens with zero attached hydrogens (tertiary/aromatic N) is 1. The molecule has 0 saturated heterocycles. The lowest BCUT2D eigenvalue weighted by molar-refractivity contribution is -0.383. The van der Waals surface area contributed by atoms with Crippen LogP contribution in [0, 0.1) is 10.1 Å². The fourth-order valence-corrected chi connectivity index (χ4v) is 2.33. The molecule has 124 valence electrons. The maximum atomic E-state index is 12.0. The summed E-state index contributed by atoms with van der Waals surface area (Å²) in [6.45, 7) is 0. The third kappa shape index (κ3) is 4.00. The summed E-state index contributed by atoms with van der Waals surface area (Å²) >= 11 is 0. The van der Waals surface area contributed by atoms with Crippen molar-refractivity contribution in [3.8, 4) is 16.9 Å². The molecule has 0 bridgehead atoms. The van der Waals surface area contributed by atoms with Gasteiger partial charge >= 0.3 is 6.09 Å². The van der Waals surface area contributed by atoms with Crippen LogP contribution in [0.4, 0.5) is 16.2 Å². The Morgan fingerprint density at radius 1 is 0.840 bits per heavy atom. The largest absolute Gasteiger partial charge is 0.417 e. The van der Waals surface area contributed by atoms with Gasteiger partial charge in [0, 0.05) is 6.07 Å². The van der Waals surface area contributed by atoms with E-state index in [4.69, 9.17) is 4.74 Å². The Kier molecular flexibility index (Phi) is 4.71. The van der Waals surface area contributed by atoms with Gasteiger partial charge in [-0.1, -0.05) is 54.6 Å². The zero-order chi connectivity index (χ0) is 17.6. The highest BCUT2D eigenvalue weighted by Gasteiger charge is 2.15. The topological polar surface area (TPSA) is 81.5 Å². The number of ether oxygens (including phenoxy) is 1. The number of nitrogens with one attached hydrogen (secondary N) is 1. The van der Waals surface area contributed by atoms with Gasteiger partial charge in [0.2, 0.25) is 0 Å². The molecule has 3 rings (SSSR count). The normalized spacial score (nSPS) is 10.1. The maximum absolute atomic E-state index is 12.0. The number of anilines is 1. The molecule has 0 heterocycles. The predicted octanol–water partition coefficient (Wildman–Crippen LogP) is 4.87. The second-order valence-corrected chi connectivity index (χ2v) is 5.18. The number of para-hydroxylation sites is 2. The average Bonchev–Trinajstić information content (AvgIpc) is 2.63. The molecule has 0 radical (unpaired) electrons. The molecule has 0 atom stereocenters. The van der Waals surface area contributed by atoms with Crippen LogP contribution < -0.4 is 10.1 Å². The zero-order valence-corrected chi connectivity index (χ0v) is 13.1. The van der Waals surface area contributed by atoms with Crippen molar-refractivity contribution < 1.29 is 14.5 Å². The second kappa shape index (κ2) is 7.27. The SMILES string of the molecule is O=C(Nc1ccccc1[N+](=O)[O-])Oc1ccc(-c2ccccc2)cc1. The minimum Gasteiger partial charge on any atom is -0.410 e. The first kappa shape index (κ1) is 16.2. The summed E-state index contributed by atoms with van der Waals surface area (Å²) in [5, 5.41) is 13.3. The van der Waals surface area contributed by atoms with Crippen molar-refractivity contribution in [1.29, 1.82) is 0 Å². The van der Waals surface area contributed by atoms with Crippen LogP contribution in [0.5, 0.6) is 5.75 Å². The smallest absolute Gasteiger partial charge is 0.410 e. The first-order valence-electron chi connectivity index (χ1n) is 7.51. The third-order valence-electron chi connectivity index (χ3n) is 3.51. The molecule has 1 amide bonds. The number of amides is 1. The quantitative estimate of drug-likeness (QED) is 0.545. The lowest BCUT2D eigenvalue weighted by atomic mass is 10.1. The van der Waals surface area contributed by atoms with E-state index in [2.05, 4.69) is 5.32 Å². The van der Waals surface area contributed by atoms with Gasteiger partial charge in [-0.3, -0.25) is 15.4 Å². The van der Waals surface area contributed by atoms with Gasteiger partial charge < -0.3 is 4.74 Å². The molecule has 0 spiro atoms. The van der Waals surface area contributed by atoms with Gasteiger partial charge in [-0.05, 0) is 29.3 Å². The van der Waals surface area contributed by atoms with Crippen LogP contribution in [0.25, 0.3) is 11.1 Å². The van der Waals surface area contributed by atoms with Crippen molar-refractivity contribution in [2.75, 3.05) is 5.32 Å². The van der Waals surface area contributed by atoms with Crippen molar-refractivity contribution in [3.05, 3.63) is 89.0 Å². The summed E-state index contributed by atoms with van der Waals surface area (Å²) in [6.07, 6.45) is -0.790. The van der Waals surface area contributed by atoms with E-state index in [1.54, 1.807) is 18.2 Å². The van der Waals surface area contributed by atoms with Crippen molar-refractivity contribution in [3.63, 3.8) is 0 Å². The van der Waals surface area contributed by atoms with E-state index < -0.39 is 11.0 Å². The maximum Gasteiger partial charge on any atom is 0.417 e. The lowest BCUT2D eigenvalue weighted by Crippen LogP contribution is -2.17. The summed E-state index contributed by atoms with van der Waals surface area (Å²) in [4.78, 5) is 22.3. The molecule has 0 aliphatic rings. The van der Waals surface area contributed by atoms with E-state index in [-0.39, 0.29) is 11.4 Å². The molecule has 0 aliphatic heterocycles. The van der Waals surface area contributed by atoms with Crippen molar-refractivity contribution in [2.45, 2.75) is 0 Å². The van der Waals surface area contributed by atoms with Crippen LogP contribution in [-0.2, 0) is 0 Å². The Bertz CT molecular complexity index is 893. The standard InChI is InChI=1S/C19H14N2O4/c22-19(20-17-8-4-5-9-18(17)21(23)24)25-16-12-10-15(11-13-16)14-6-2-1-3-7-14/h1-13H,(H,20,22). The Hall–Kier alpha value is -3.67. The Morgan fingerprint density at radius 3 is 2.12 bits per heavy atom. The van der Waals surface area contributed by atoms with E-state index in [1.165, 1.54) is 18.2 Å². The molecule has 3 aromatic rings. The van der Waals surface area contributed by atoms with Crippen LogP contribution in [0.1, 0.15) is 0 Å². The number of hydrogen-bond donors (Lipinski definition) is 1. The molecule has 0 aliphatic carbocycles. The van der Waals surface area contributed by atoms with Gasteiger partial charge in [-0.25, -0.2) is 4.79 Å². The predicted molar refractivity (Wildman–Crippen MR) is 94.6 cm³/mol. The fourth-order valence-electron chi connectivity index (χ4n) is 2.33. The van der Waals surface area contributed by atoms with Crippen LogP contribution in [0.2, 0.25) is 0 Å². The highest BCUT2D eigenvalue weighted by molar-refractivity contribution is 5.89. The molecule has 3 aromatic carbocycles. The van der Waals surface area contributed by atoms with Crippen LogP contribution in [0.3, 0.4) is 0 Å². The average molecular weight is 334 g/mol. The van der Waals surface area contributed by atoms with Crippen LogP contribution >= 0.6 is 0 Å². The summed E-state index contributed by atoms with van der Waals surface area (Å²) in [5.41, 5.74) is 1.93. The van der Waals surface area contributed by atoms with Gasteiger partial charge in [0.25, 0.3) is 5.69 Å². The van der Waals surface area contributed by atoms with Crippen molar-refractivity contribution in [1.82, 2.24) is 0 Å². The molecule has 0 fully saturated rings. The Morgan fingerprint density at radius 2 is 1.44 bits per heavy atom. The molecule has 6 nitrogen and oxygen atoms in total. The van der Waals surface area contributed by atoms with Gasteiger partial charge in [0.05, 0.1) is 4.92 Å². The second-order valence-electron chi connectivity index (χ2n) is 5.18. The van der Waals surface area contributed by atoms with Crippen LogP contribution in [-0.4, -0.2) is 11.0 Å². The Labute approximate surface area is 143 Å². The molecule has 0 unspecified atom stereocenters. The van der Waals surface area contributed by atoms with E-state index in [0.717, 1.165) is 11.1 Å². The van der Waals surface area contributed by atoms with Gasteiger partial charge in [0.1, 0.15) is 11.4 Å². The summed E-state index contributed by atoms with van der Waals surface area (Å²) in [5.74, 6) is 0.343. The van der Waals surface area contributed by atoms with Gasteiger partial charge in [-0.2, -0.15) is 0 Å². The van der Waals surface area contributed by atoms with Crippen molar-refractivity contribution in [2.24, 2.45) is 0 Å². The molecular formula is C19H14N2O4. The van der Waals surface area contributed by atoms with Crippen molar-refractivity contribution >= 4 is 17.5 Å². The highest BCUT2D eigenvalue weighted by atomic mass is 16.6. The zero-order valence-electron chi connectivity index (χ0n) is 13.1. The molecular weight excluding hydrogens is 320 g/mol. The summed E-state index contributed by atoms with van der Waals surface area (Å²) in [7, 11) is 0. The van der Waals surface area contributed by atoms with E-state index in [0.29, 0.717) is 5.75 Å². The fraction of sp³-hybridized carbons (Fsp3) is 0. The first-order valence-corrected chi connectivity index (χ1v) is 7.51. The monoisotopic (exact) mass is 334 g/mol. The summed E-state index contributed by atoms with van der Waals surface area (Å²) < 4.78 is 5.17. The molecule has 0 aromatic heterocycles. The summed E-state index contributed by atoms with van der Waals surface area (Å²) in [6, 6.07) is 22.7. The van der Waals surface area contributed by atoms with E-state index >= 15 is 0 Å². The van der Waals surface area contributed by atoms with E-state index in [9.17, 15) is 14.9 Å². The first-order chi connectivity index (χ1) is 12.1. The number of carbonyl (C=O) groups excluding carboxylic acids is 1. The molecule has 0 saturated carbocycles. The van der Waals surface area contributed by atoms with E-state index in [1.807, 2.05) is 42.5 Å². The third-order valence-corrected chi connectivity index (χ3v) is 3.51. The van der Waals surface area contributed by atoms with Crippen LogP contribution in [0.15, 0.2) is 78.9 Å². The molecule has 25 heavy (non-hydrogen) atoms. The number of hydrogen-bond acceptors (Lipinski definition) is 4. The number of carbonyl (C=O) groups is 1. The lowest BCUT2D eigenvalue weighted by Gasteiger charge is -2.08. The molecule has 1 N–H and O–H groups in total. The number of benzene rings is 3. The number of rotatable bonds is 4. The van der Waals surface area contributed by atoms with Gasteiger partial charge in [0.15, 0.2) is 0 Å². The van der Waals surface area contributed by atoms with Gasteiger partial charge in [-0.15, -0.1) is 0 Å². The minimum atomic E-state index is -0.790. The number of nitro benzene ring substituents is 1. The number of nitro groups is 1. The minimum absolute atomic E-state index is 0.0819. The molecule has 6 heteroatoms.